The Labute approximate surface area is 151 Å². The lowest BCUT2D eigenvalue weighted by molar-refractivity contribution is -0.122. The van der Waals surface area contributed by atoms with Crippen molar-refractivity contribution in [1.29, 1.82) is 0 Å². The fourth-order valence-electron chi connectivity index (χ4n) is 2.62. The third-order valence-corrected chi connectivity index (χ3v) is 4.63. The average molecular weight is 355 g/mol. The van der Waals surface area contributed by atoms with Crippen molar-refractivity contribution in [2.75, 3.05) is 0 Å². The summed E-state index contributed by atoms with van der Waals surface area (Å²) in [5.41, 5.74) is 2.03. The van der Waals surface area contributed by atoms with Gasteiger partial charge in [-0.05, 0) is 22.9 Å². The zero-order chi connectivity index (χ0) is 17.6. The van der Waals surface area contributed by atoms with Crippen LogP contribution in [0.1, 0.15) is 37.8 Å². The number of nitrogens with one attached hydrogen (secondary N) is 1. The minimum absolute atomic E-state index is 0.00208. The number of carbonyl (C=O) groups excluding carboxylic acids is 1. The van der Waals surface area contributed by atoms with Crippen LogP contribution in [-0.2, 0) is 11.2 Å². The molecule has 0 bridgehead atoms. The molecule has 2 aromatic heterocycles. The maximum atomic E-state index is 12.3. The number of hydrogen-bond donors (Lipinski definition) is 1. The van der Waals surface area contributed by atoms with Crippen LogP contribution in [0.15, 0.2) is 51.6 Å². The fraction of sp³-hybridized carbons (Fsp3) is 0.316. The van der Waals surface area contributed by atoms with E-state index >= 15 is 0 Å². The van der Waals surface area contributed by atoms with E-state index in [1.54, 1.807) is 11.3 Å². The first-order valence-corrected chi connectivity index (χ1v) is 9.27. The number of nitrogens with zero attached hydrogens (tertiary/aromatic N) is 2. The second-order valence-electron chi connectivity index (χ2n) is 6.21. The summed E-state index contributed by atoms with van der Waals surface area (Å²) in [6.45, 7) is 4.20. The summed E-state index contributed by atoms with van der Waals surface area (Å²) in [5.74, 6) is 1.27. The van der Waals surface area contributed by atoms with Crippen LogP contribution < -0.4 is 5.32 Å². The lowest BCUT2D eigenvalue weighted by Gasteiger charge is -2.22. The molecule has 1 amide bonds. The standard InChI is InChI=1S/C19H21N3O2S/c1-13(2)18(14-6-4-3-5-7-14)20-16(23)8-9-17-21-22-19(24-17)15-10-11-25-12-15/h3-7,10-13,18H,8-9H2,1-2H3,(H,20,23). The molecule has 0 spiro atoms. The predicted octanol–water partition coefficient (Wildman–Crippen LogP) is 4.24. The third-order valence-electron chi connectivity index (χ3n) is 3.94. The summed E-state index contributed by atoms with van der Waals surface area (Å²) < 4.78 is 5.62. The first-order valence-electron chi connectivity index (χ1n) is 8.32. The zero-order valence-corrected chi connectivity index (χ0v) is 15.1. The SMILES string of the molecule is CC(C)C(NC(=O)CCc1nnc(-c2ccsc2)o1)c1ccccc1. The third kappa shape index (κ3) is 4.54. The van der Waals surface area contributed by atoms with Crippen molar-refractivity contribution in [1.82, 2.24) is 15.5 Å². The van der Waals surface area contributed by atoms with E-state index in [-0.39, 0.29) is 11.9 Å². The topological polar surface area (TPSA) is 68.0 Å². The zero-order valence-electron chi connectivity index (χ0n) is 14.3. The summed E-state index contributed by atoms with van der Waals surface area (Å²) >= 11 is 1.58. The quantitative estimate of drug-likeness (QED) is 0.688. The van der Waals surface area contributed by atoms with Gasteiger partial charge in [0.2, 0.25) is 17.7 Å². The van der Waals surface area contributed by atoms with Crippen LogP contribution in [0.3, 0.4) is 0 Å². The van der Waals surface area contributed by atoms with Gasteiger partial charge in [-0.1, -0.05) is 44.2 Å². The highest BCUT2D eigenvalue weighted by Gasteiger charge is 2.18. The average Bonchev–Trinajstić information content (AvgIpc) is 3.29. The molecule has 3 aromatic rings. The normalized spacial score (nSPS) is 12.3. The predicted molar refractivity (Wildman–Crippen MR) is 98.1 cm³/mol. The number of benzene rings is 1. The van der Waals surface area contributed by atoms with E-state index in [1.165, 1.54) is 0 Å². The fourth-order valence-corrected chi connectivity index (χ4v) is 3.25. The van der Waals surface area contributed by atoms with Crippen molar-refractivity contribution in [3.8, 4) is 11.5 Å². The van der Waals surface area contributed by atoms with Gasteiger partial charge in [0.1, 0.15) is 0 Å². The molecule has 0 fully saturated rings. The molecule has 130 valence electrons. The van der Waals surface area contributed by atoms with Crippen LogP contribution in [0, 0.1) is 5.92 Å². The first kappa shape index (κ1) is 17.4. The Bertz CT molecular complexity index is 797. The van der Waals surface area contributed by atoms with Crippen molar-refractivity contribution >= 4 is 17.2 Å². The highest BCUT2D eigenvalue weighted by atomic mass is 32.1. The molecule has 1 unspecified atom stereocenters. The van der Waals surface area contributed by atoms with Gasteiger partial charge in [0.15, 0.2) is 0 Å². The minimum Gasteiger partial charge on any atom is -0.421 e. The maximum Gasteiger partial charge on any atom is 0.248 e. The van der Waals surface area contributed by atoms with E-state index in [0.29, 0.717) is 30.5 Å². The minimum atomic E-state index is -0.0159. The molecule has 1 atom stereocenters. The van der Waals surface area contributed by atoms with Crippen LogP contribution in [-0.4, -0.2) is 16.1 Å². The Kier molecular flexibility index (Phi) is 5.60. The molecule has 2 heterocycles. The van der Waals surface area contributed by atoms with Gasteiger partial charge in [-0.2, -0.15) is 11.3 Å². The molecule has 0 saturated heterocycles. The Morgan fingerprint density at radius 3 is 2.68 bits per heavy atom. The Morgan fingerprint density at radius 2 is 2.00 bits per heavy atom. The molecule has 0 aliphatic carbocycles. The van der Waals surface area contributed by atoms with Crippen LogP contribution >= 0.6 is 11.3 Å². The van der Waals surface area contributed by atoms with Gasteiger partial charge in [0.25, 0.3) is 0 Å². The van der Waals surface area contributed by atoms with Gasteiger partial charge in [0.05, 0.1) is 6.04 Å². The smallest absolute Gasteiger partial charge is 0.248 e. The van der Waals surface area contributed by atoms with Crippen LogP contribution in [0.2, 0.25) is 0 Å². The molecule has 3 rings (SSSR count). The Balaban J connectivity index is 1.57. The number of thiophene rings is 1. The van der Waals surface area contributed by atoms with E-state index in [9.17, 15) is 4.79 Å². The monoisotopic (exact) mass is 355 g/mol. The number of carbonyl (C=O) groups is 1. The van der Waals surface area contributed by atoms with Gasteiger partial charge in [0, 0.05) is 23.8 Å². The number of amides is 1. The first-order chi connectivity index (χ1) is 12.1. The molecule has 5 nitrogen and oxygen atoms in total. The molecule has 25 heavy (non-hydrogen) atoms. The number of aromatic nitrogens is 2. The summed E-state index contributed by atoms with van der Waals surface area (Å²) in [7, 11) is 0. The molecular formula is C19H21N3O2S. The van der Waals surface area contributed by atoms with E-state index in [2.05, 4.69) is 29.4 Å². The Morgan fingerprint density at radius 1 is 1.20 bits per heavy atom. The van der Waals surface area contributed by atoms with Crippen LogP contribution in [0.4, 0.5) is 0 Å². The highest BCUT2D eigenvalue weighted by molar-refractivity contribution is 7.08. The second kappa shape index (κ2) is 8.07. The van der Waals surface area contributed by atoms with Gasteiger partial charge in [-0.3, -0.25) is 4.79 Å². The Hall–Kier alpha value is -2.47. The molecule has 1 aromatic carbocycles. The molecule has 0 saturated carbocycles. The highest BCUT2D eigenvalue weighted by Crippen LogP contribution is 2.22. The van der Waals surface area contributed by atoms with E-state index in [4.69, 9.17) is 4.42 Å². The summed E-state index contributed by atoms with van der Waals surface area (Å²) in [4.78, 5) is 12.3. The van der Waals surface area contributed by atoms with Gasteiger partial charge in [-0.15, -0.1) is 10.2 Å². The largest absolute Gasteiger partial charge is 0.421 e. The maximum absolute atomic E-state index is 12.3. The van der Waals surface area contributed by atoms with Crippen molar-refractivity contribution in [2.45, 2.75) is 32.7 Å². The van der Waals surface area contributed by atoms with E-state index in [0.717, 1.165) is 11.1 Å². The van der Waals surface area contributed by atoms with Gasteiger partial charge >= 0.3 is 0 Å². The van der Waals surface area contributed by atoms with Crippen molar-refractivity contribution in [3.05, 3.63) is 58.6 Å². The summed E-state index contributed by atoms with van der Waals surface area (Å²) in [6.07, 6.45) is 0.754. The molecule has 1 N–H and O–H groups in total. The molecule has 0 radical (unpaired) electrons. The second-order valence-corrected chi connectivity index (χ2v) is 6.99. The molecule has 6 heteroatoms. The lowest BCUT2D eigenvalue weighted by Crippen LogP contribution is -2.31. The summed E-state index contributed by atoms with van der Waals surface area (Å²) in [5, 5.41) is 15.1. The number of rotatable bonds is 7. The number of aryl methyl sites for hydroxylation is 1. The lowest BCUT2D eigenvalue weighted by atomic mass is 9.96. The van der Waals surface area contributed by atoms with Crippen molar-refractivity contribution in [2.24, 2.45) is 5.92 Å². The number of hydrogen-bond acceptors (Lipinski definition) is 5. The van der Waals surface area contributed by atoms with E-state index in [1.807, 2.05) is 47.2 Å². The van der Waals surface area contributed by atoms with Gasteiger partial charge in [-0.25, -0.2) is 0 Å². The van der Waals surface area contributed by atoms with Gasteiger partial charge < -0.3 is 9.73 Å². The summed E-state index contributed by atoms with van der Waals surface area (Å²) in [6, 6.07) is 12.0. The van der Waals surface area contributed by atoms with Crippen molar-refractivity contribution < 1.29 is 9.21 Å². The van der Waals surface area contributed by atoms with Crippen molar-refractivity contribution in [3.63, 3.8) is 0 Å². The van der Waals surface area contributed by atoms with E-state index < -0.39 is 0 Å². The molecule has 0 aliphatic heterocycles. The van der Waals surface area contributed by atoms with Crippen LogP contribution in [0.5, 0.6) is 0 Å². The van der Waals surface area contributed by atoms with Crippen LogP contribution in [0.25, 0.3) is 11.5 Å². The molecule has 0 aliphatic rings. The molecular weight excluding hydrogens is 334 g/mol.